The first kappa shape index (κ1) is 114. The number of rotatable bonds is 21. The molecule has 15 rings (SSSR count). The first-order valence-corrected chi connectivity index (χ1v) is 52.8. The number of sulfonamides is 3. The van der Waals surface area contributed by atoms with Gasteiger partial charge in [0.05, 0.1) is 50.9 Å². The molecule has 32 nitrogen and oxygen atoms in total. The van der Waals surface area contributed by atoms with Gasteiger partial charge in [0, 0.05) is 126 Å². The summed E-state index contributed by atoms with van der Waals surface area (Å²) in [7, 11) is -5.68. The predicted octanol–water partition coefficient (Wildman–Crippen LogP) is 12.7. The fourth-order valence-corrected chi connectivity index (χ4v) is 22.5. The Morgan fingerprint density at radius 2 is 0.771 bits per heavy atom. The van der Waals surface area contributed by atoms with Crippen LogP contribution in [-0.4, -0.2) is 296 Å². The number of carbonyl (C=O) groups is 8. The fourth-order valence-electron chi connectivity index (χ4n) is 18.1. The van der Waals surface area contributed by atoms with E-state index in [1.54, 1.807) is 88.0 Å². The average Bonchev–Trinajstić information content (AvgIpc) is 1.62. The Hall–Kier alpha value is -10.7. The van der Waals surface area contributed by atoms with Crippen LogP contribution in [0.3, 0.4) is 0 Å². The van der Waals surface area contributed by atoms with Gasteiger partial charge in [-0.25, -0.2) is 52.6 Å². The summed E-state index contributed by atoms with van der Waals surface area (Å²) in [5.74, 6) is -2.95. The van der Waals surface area contributed by atoms with Crippen molar-refractivity contribution in [1.82, 2.24) is 59.1 Å². The van der Waals surface area contributed by atoms with Crippen LogP contribution >= 0.6 is 23.2 Å². The smallest absolute Gasteiger partial charge is 0.416 e. The molecule has 6 N–H and O–H groups in total. The van der Waals surface area contributed by atoms with Crippen molar-refractivity contribution in [3.05, 3.63) is 211 Å². The Morgan fingerprint density at radius 1 is 0.458 bits per heavy atom. The van der Waals surface area contributed by atoms with Crippen LogP contribution in [0.2, 0.25) is 0 Å². The third kappa shape index (κ3) is 28.8. The number of carboxylic acids is 1. The molecule has 3 spiro atoms. The molecule has 0 aromatic heterocycles. The van der Waals surface area contributed by atoms with Crippen molar-refractivity contribution in [2.75, 3.05) is 122 Å². The molecule has 3 atom stereocenters. The summed E-state index contributed by atoms with van der Waals surface area (Å²) in [6.45, 7) is 20.9. The second-order valence-electron chi connectivity index (χ2n) is 38.8. The number of hydrogen-bond acceptors (Lipinski definition) is 21. The summed E-state index contributed by atoms with van der Waals surface area (Å²) in [6, 6.07) is 29.1. The van der Waals surface area contributed by atoms with Crippen LogP contribution in [-0.2, 0) is 91.7 Å². The van der Waals surface area contributed by atoms with Crippen LogP contribution in [0.25, 0.3) is 0 Å². The van der Waals surface area contributed by atoms with E-state index in [9.17, 15) is 103 Å². The van der Waals surface area contributed by atoms with Gasteiger partial charge in [0.2, 0.25) is 30.1 Å². The van der Waals surface area contributed by atoms with E-state index in [2.05, 4.69) is 41.6 Å². The van der Waals surface area contributed by atoms with Gasteiger partial charge in [-0.2, -0.15) is 39.5 Å². The minimum atomic E-state index is -4.55. The number of benzene rings is 6. The molecule has 6 fully saturated rings. The van der Waals surface area contributed by atoms with E-state index in [1.807, 2.05) is 52.6 Å². The Morgan fingerprint density at radius 3 is 1.06 bits per heavy atom. The maximum absolute atomic E-state index is 13.3. The van der Waals surface area contributed by atoms with Crippen molar-refractivity contribution < 1.29 is 118 Å². The normalized spacial score (nSPS) is 19.8. The lowest BCUT2D eigenvalue weighted by molar-refractivity contribution is -0.138. The molecule has 6 aromatic carbocycles. The van der Waals surface area contributed by atoms with E-state index in [0.29, 0.717) is 49.3 Å². The van der Waals surface area contributed by atoms with Crippen molar-refractivity contribution in [3.8, 4) is 0 Å². The average molecular weight is 2120 g/mol. The highest BCUT2D eigenvalue weighted by atomic mass is 35.5. The van der Waals surface area contributed by atoms with E-state index in [-0.39, 0.29) is 195 Å². The van der Waals surface area contributed by atoms with Crippen molar-refractivity contribution >= 4 is 118 Å². The number of ether oxygens (including phenoxy) is 2. The first-order valence-electron chi connectivity index (χ1n) is 46.9. The largest absolute Gasteiger partial charge is 0.478 e. The number of alkyl halides is 11. The van der Waals surface area contributed by atoms with E-state index >= 15 is 0 Å². The number of nitrogens with one attached hydrogen (secondary N) is 5. The Balaban J connectivity index is 0.000000191. The maximum atomic E-state index is 13.3. The van der Waals surface area contributed by atoms with Crippen molar-refractivity contribution in [1.29, 1.82) is 0 Å². The van der Waals surface area contributed by atoms with Gasteiger partial charge in [0.1, 0.15) is 45.3 Å². The molecule has 786 valence electrons. The summed E-state index contributed by atoms with van der Waals surface area (Å²) in [4.78, 5) is 120. The summed E-state index contributed by atoms with van der Waals surface area (Å²) in [5, 5.41) is 23.4. The number of piperidine rings is 3. The zero-order chi connectivity index (χ0) is 106. The number of aromatic carboxylic acids is 1. The predicted molar refractivity (Wildman–Crippen MR) is 525 cm³/mol. The molecule has 9 aliphatic rings. The van der Waals surface area contributed by atoms with Crippen LogP contribution in [0.15, 0.2) is 142 Å². The SMILES string of the molecule is CN(C(=O)OC(C)(C)C)C1CCNC1.CNC1CCN(C(=O)c2ccc(CCS(=O)(=O)N3CCC4(CC3)N=C(c3cccc(C(F)(F)F)c3)NC4=O)c(C)c2)C1.Cc1cc(C(=O)N2CCC(N(C)C(=O)OC(C)(C)C)C2)ccc1CCS(=O)(=O)N1CCC2(CC1)N=C(c1cccc(C(F)(F)F)c1)NC2=O.Cc1cc(C(=O)O)ccc1CCS(=O)(=O)N1CCC2(CC1)N=C(c1cccc(C(F)(F)F)c1)NC2=O.ClCCl. The number of aliphatic imine (C=N–C) groups is 3. The number of nitrogens with zero attached hydrogens (tertiary/aromatic N) is 10. The minimum absolute atomic E-state index is 0.0351. The summed E-state index contributed by atoms with van der Waals surface area (Å²) < 4.78 is 212. The van der Waals surface area contributed by atoms with Crippen LogP contribution in [0.1, 0.15) is 197 Å². The molecule has 144 heavy (non-hydrogen) atoms. The molecule has 0 radical (unpaired) electrons. The van der Waals surface area contributed by atoms with Gasteiger partial charge in [-0.1, -0.05) is 54.6 Å². The molecule has 46 heteroatoms. The van der Waals surface area contributed by atoms with Gasteiger partial charge in [-0.3, -0.25) is 38.9 Å². The molecule has 0 bridgehead atoms. The van der Waals surface area contributed by atoms with E-state index in [1.165, 1.54) is 66.3 Å². The second kappa shape index (κ2) is 46.1. The monoisotopic (exact) mass is 2120 g/mol. The van der Waals surface area contributed by atoms with E-state index in [0.717, 1.165) is 90.1 Å². The Kier molecular flexibility index (Phi) is 36.4. The highest BCUT2D eigenvalue weighted by Gasteiger charge is 2.52. The van der Waals surface area contributed by atoms with E-state index in [4.69, 9.17) is 37.8 Å². The van der Waals surface area contributed by atoms with Gasteiger partial charge < -0.3 is 60.8 Å². The fraction of sp³-hybridized carbons (Fsp3) is 0.520. The molecule has 0 saturated carbocycles. The number of carboxylic acid groups (broad SMARTS) is 1. The number of amidine groups is 3. The quantitative estimate of drug-likeness (QED) is 0.0288. The van der Waals surface area contributed by atoms with Crippen molar-refractivity contribution in [3.63, 3.8) is 0 Å². The number of halogens is 11. The number of likely N-dealkylation sites (tertiary alicyclic amines) is 2. The third-order valence-corrected chi connectivity index (χ3v) is 32.3. The molecular weight excluding hydrogens is 2000 g/mol. The summed E-state index contributed by atoms with van der Waals surface area (Å²) >= 11 is 9.53. The standard InChI is InChI=1S/C34H42F3N5O6S.C29H34F3N5O4S.C24H24F3N3O5S.C10H20N2O2.CH2Cl2/c1-22-19-25(29(43)41-15-11-27(21-41)40(5)31(45)48-32(2,3)4)10-9-23(22)12-18-49(46,47)42-16-13-33(14-17-42)30(44)38-28(39-33)24-7-6-8-26(20-24)34(35,36)37;1-19-16-22(26(38)36-12-8-24(18-36)33-2)7-6-20(19)9-15-42(40,41)37-13-10-28(11-14-37)27(39)34-25(35-28)21-4-3-5-23(17-21)29(30,31)32;1-15-13-18(21(31)32)6-5-16(15)7-12-36(34,35)30-10-8-23(9-11-30)22(33)28-20(29-23)17-3-2-4-19(14-17)24(25,26)27;1-10(2,3)14-9(13)12(4)8-5-6-11-7-8;2-1-3/h6-10,19-20,27H,11-18,21H2,1-5H3,(H,38,39,44);3-7,16-17,24,33H,8-15,18H2,1-2H3,(H,34,35,39);2-6,13-14H,7-12H2,1H3,(H,31,32)(H,28,29,33);8,11H,5-7H2,1-4H3;1H2. The molecule has 3 unspecified atom stereocenters. The van der Waals surface area contributed by atoms with Crippen molar-refractivity contribution in [2.24, 2.45) is 15.0 Å². The van der Waals surface area contributed by atoms with Crippen LogP contribution < -0.4 is 26.6 Å². The van der Waals surface area contributed by atoms with Crippen LogP contribution in [0.4, 0.5) is 49.1 Å². The van der Waals surface area contributed by atoms with Gasteiger partial charge in [0.25, 0.3) is 29.5 Å². The van der Waals surface area contributed by atoms with Gasteiger partial charge >= 0.3 is 36.7 Å². The number of carbonyl (C=O) groups excluding carboxylic acids is 7. The lowest BCUT2D eigenvalue weighted by Crippen LogP contribution is -2.50. The number of aryl methyl sites for hydroxylation is 6. The molecular formula is C98H122Cl2F9N15O17S3. The molecule has 0 aliphatic carbocycles. The van der Waals surface area contributed by atoms with Gasteiger partial charge in [0.15, 0.2) is 0 Å². The minimum Gasteiger partial charge on any atom is -0.478 e. The lowest BCUT2D eigenvalue weighted by Gasteiger charge is -2.34. The zero-order valence-corrected chi connectivity index (χ0v) is 86.0. The molecule has 6 aromatic rings. The van der Waals surface area contributed by atoms with Crippen molar-refractivity contribution in [2.45, 2.75) is 204 Å². The number of amides is 7. The summed E-state index contributed by atoms with van der Waals surface area (Å²) in [6.07, 6.45) is -10.4. The third-order valence-electron chi connectivity index (χ3n) is 26.6. The zero-order valence-electron chi connectivity index (χ0n) is 82.0. The topological polar surface area (TPSA) is 398 Å². The second-order valence-corrected chi connectivity index (χ2v) is 45.9. The number of hydrogen-bond donors (Lipinski definition) is 6. The Labute approximate surface area is 842 Å². The first-order chi connectivity index (χ1) is 67.2. The number of likely N-dealkylation sites (N-methyl/N-ethyl adjacent to an activating group) is 3. The molecule has 7 amide bonds. The molecule has 9 aliphatic heterocycles. The summed E-state index contributed by atoms with van der Waals surface area (Å²) in [5.41, 5.74) is -1.01. The Bertz CT molecular complexity index is 6210. The highest BCUT2D eigenvalue weighted by molar-refractivity contribution is 7.89. The van der Waals surface area contributed by atoms with Gasteiger partial charge in [-0.15, -0.1) is 23.2 Å². The lowest BCUT2D eigenvalue weighted by atomic mass is 9.89. The molecule has 9 heterocycles. The molecule has 6 saturated heterocycles. The van der Waals surface area contributed by atoms with E-state index < -0.39 is 123 Å². The van der Waals surface area contributed by atoms with Crippen LogP contribution in [0.5, 0.6) is 0 Å². The van der Waals surface area contributed by atoms with Crippen LogP contribution in [0, 0.1) is 20.8 Å². The maximum Gasteiger partial charge on any atom is 0.416 e. The van der Waals surface area contributed by atoms with Gasteiger partial charge in [-0.05, 0) is 259 Å². The highest BCUT2D eigenvalue weighted by Crippen LogP contribution is 2.40.